The van der Waals surface area contributed by atoms with Gasteiger partial charge < -0.3 is 20.5 Å². The average Bonchev–Trinajstić information content (AvgIpc) is 3.60. The van der Waals surface area contributed by atoms with E-state index in [1.165, 1.54) is 12.8 Å². The van der Waals surface area contributed by atoms with Crippen LogP contribution in [-0.2, 0) is 4.79 Å². The van der Waals surface area contributed by atoms with Crippen molar-refractivity contribution in [3.8, 4) is 5.88 Å². The molecule has 0 saturated heterocycles. The Hall–Kier alpha value is -2.15. The molecule has 4 aliphatic carbocycles. The third kappa shape index (κ3) is 5.56. The zero-order valence-electron chi connectivity index (χ0n) is 18.0. The van der Waals surface area contributed by atoms with Gasteiger partial charge in [0.15, 0.2) is 0 Å². The summed E-state index contributed by atoms with van der Waals surface area (Å²) in [5.74, 6) is 1.71. The second kappa shape index (κ2) is 8.77. The van der Waals surface area contributed by atoms with Crippen LogP contribution in [0.5, 0.6) is 5.88 Å². The molecule has 4 fully saturated rings. The molecule has 7 nitrogen and oxygen atoms in total. The molecule has 1 aromatic rings. The number of aliphatic hydroxyl groups is 1. The first-order valence-corrected chi connectivity index (χ1v) is 12.0. The van der Waals surface area contributed by atoms with Crippen molar-refractivity contribution in [3.05, 3.63) is 23.4 Å². The van der Waals surface area contributed by atoms with Gasteiger partial charge in [0.1, 0.15) is 11.7 Å². The Labute approximate surface area is 183 Å². The smallest absolute Gasteiger partial charge is 0.270 e. The monoisotopic (exact) mass is 427 g/mol. The lowest BCUT2D eigenvalue weighted by Crippen LogP contribution is -2.49. The summed E-state index contributed by atoms with van der Waals surface area (Å²) < 4.78 is 5.98. The van der Waals surface area contributed by atoms with Crippen LogP contribution in [0.1, 0.15) is 86.2 Å². The van der Waals surface area contributed by atoms with E-state index < -0.39 is 6.04 Å². The molecule has 168 valence electrons. The van der Waals surface area contributed by atoms with Crippen LogP contribution in [0.4, 0.5) is 0 Å². The van der Waals surface area contributed by atoms with E-state index in [1.807, 2.05) is 6.07 Å². The molecule has 3 atom stereocenters. The van der Waals surface area contributed by atoms with Crippen molar-refractivity contribution in [2.45, 2.75) is 88.3 Å². The Morgan fingerprint density at radius 3 is 2.48 bits per heavy atom. The number of hydrogen-bond donors (Lipinski definition) is 3. The molecule has 0 bridgehead atoms. The molecule has 2 unspecified atom stereocenters. The number of amides is 2. The van der Waals surface area contributed by atoms with Gasteiger partial charge in [0.25, 0.3) is 5.91 Å². The van der Waals surface area contributed by atoms with Gasteiger partial charge in [-0.05, 0) is 75.2 Å². The van der Waals surface area contributed by atoms with Crippen LogP contribution in [-0.4, -0.2) is 46.7 Å². The van der Waals surface area contributed by atoms with Crippen molar-refractivity contribution >= 4 is 11.8 Å². The molecular formula is C24H33N3O4. The quantitative estimate of drug-likeness (QED) is 0.533. The highest BCUT2D eigenvalue weighted by atomic mass is 16.5. The Morgan fingerprint density at radius 2 is 1.84 bits per heavy atom. The Kier molecular flexibility index (Phi) is 5.87. The van der Waals surface area contributed by atoms with Gasteiger partial charge in [-0.2, -0.15) is 0 Å². The third-order valence-corrected chi connectivity index (χ3v) is 6.93. The van der Waals surface area contributed by atoms with Gasteiger partial charge in [-0.15, -0.1) is 0 Å². The fourth-order valence-corrected chi connectivity index (χ4v) is 4.42. The van der Waals surface area contributed by atoms with E-state index in [2.05, 4.69) is 15.6 Å². The number of rotatable bonds is 10. The fraction of sp³-hybridized carbons (Fsp3) is 0.708. The first-order valence-electron chi connectivity index (χ1n) is 12.0. The van der Waals surface area contributed by atoms with Gasteiger partial charge in [0.05, 0.1) is 12.7 Å². The van der Waals surface area contributed by atoms with Crippen LogP contribution >= 0.6 is 0 Å². The molecule has 0 radical (unpaired) electrons. The van der Waals surface area contributed by atoms with E-state index in [0.717, 1.165) is 37.7 Å². The molecule has 1 aromatic heterocycles. The Balaban J connectivity index is 1.25. The van der Waals surface area contributed by atoms with Crippen molar-refractivity contribution in [3.63, 3.8) is 0 Å². The number of pyridine rings is 1. The van der Waals surface area contributed by atoms with Crippen LogP contribution in [0.3, 0.4) is 0 Å². The van der Waals surface area contributed by atoms with Gasteiger partial charge in [0, 0.05) is 11.6 Å². The van der Waals surface area contributed by atoms with Gasteiger partial charge in [-0.3, -0.25) is 9.59 Å². The molecule has 7 heteroatoms. The lowest BCUT2D eigenvalue weighted by atomic mass is 10.1. The molecule has 3 N–H and O–H groups in total. The maximum atomic E-state index is 13.0. The van der Waals surface area contributed by atoms with Gasteiger partial charge >= 0.3 is 0 Å². The third-order valence-electron chi connectivity index (χ3n) is 6.93. The summed E-state index contributed by atoms with van der Waals surface area (Å²) in [5.41, 5.74) is 1.41. The molecule has 2 amide bonds. The first kappa shape index (κ1) is 20.7. The lowest BCUT2D eigenvalue weighted by molar-refractivity contribution is -0.123. The zero-order chi connectivity index (χ0) is 21.4. The summed E-state index contributed by atoms with van der Waals surface area (Å²) in [6.45, 7) is 0.664. The van der Waals surface area contributed by atoms with Gasteiger partial charge in [-0.25, -0.2) is 4.98 Å². The standard InChI is InChI=1S/C24H33N3O4/c28-18-8-7-17(12-18)25-23(30)21(11-14-1-2-14)26-22(29)20-10-9-19(16-5-6-16)24(27-20)31-13-15-3-4-15/h9-10,14-18,21,28H,1-8,11-13H2,(H,25,30)(H,26,29)/t17?,18?,21-/m0/s1. The highest BCUT2D eigenvalue weighted by molar-refractivity contribution is 5.96. The molecule has 31 heavy (non-hydrogen) atoms. The topological polar surface area (TPSA) is 101 Å². The summed E-state index contributed by atoms with van der Waals surface area (Å²) in [7, 11) is 0. The van der Waals surface area contributed by atoms with E-state index in [9.17, 15) is 14.7 Å². The van der Waals surface area contributed by atoms with Crippen LogP contribution in [0.2, 0.25) is 0 Å². The predicted octanol–water partition coefficient (Wildman–Crippen LogP) is 2.68. The van der Waals surface area contributed by atoms with Crippen molar-refractivity contribution in [1.29, 1.82) is 0 Å². The molecular weight excluding hydrogens is 394 g/mol. The average molecular weight is 428 g/mol. The second-order valence-electron chi connectivity index (χ2n) is 10.00. The largest absolute Gasteiger partial charge is 0.477 e. The number of nitrogens with zero attached hydrogens (tertiary/aromatic N) is 1. The highest BCUT2D eigenvalue weighted by Crippen LogP contribution is 2.44. The minimum Gasteiger partial charge on any atom is -0.477 e. The summed E-state index contributed by atoms with van der Waals surface area (Å²) in [6, 6.07) is 3.14. The van der Waals surface area contributed by atoms with E-state index in [4.69, 9.17) is 4.74 Å². The number of nitrogens with one attached hydrogen (secondary N) is 2. The number of ether oxygens (including phenoxy) is 1. The van der Waals surface area contributed by atoms with E-state index in [0.29, 0.717) is 55.2 Å². The van der Waals surface area contributed by atoms with Crippen molar-refractivity contribution in [2.24, 2.45) is 11.8 Å². The van der Waals surface area contributed by atoms with Crippen molar-refractivity contribution in [2.75, 3.05) is 6.61 Å². The Morgan fingerprint density at radius 1 is 1.06 bits per heavy atom. The lowest BCUT2D eigenvalue weighted by Gasteiger charge is -2.21. The number of aromatic nitrogens is 1. The number of carbonyl (C=O) groups excluding carboxylic acids is 2. The number of aliphatic hydroxyl groups excluding tert-OH is 1. The van der Waals surface area contributed by atoms with E-state index in [1.54, 1.807) is 6.07 Å². The second-order valence-corrected chi connectivity index (χ2v) is 10.00. The summed E-state index contributed by atoms with van der Waals surface area (Å²) >= 11 is 0. The van der Waals surface area contributed by atoms with E-state index in [-0.39, 0.29) is 24.0 Å². The van der Waals surface area contributed by atoms with Crippen LogP contribution in [0.25, 0.3) is 0 Å². The Bertz CT molecular complexity index is 832. The SMILES string of the molecule is O=C(N[C@@H](CC1CC1)C(=O)NC1CCC(O)C1)c1ccc(C2CC2)c(OCC2CC2)n1. The van der Waals surface area contributed by atoms with Crippen molar-refractivity contribution in [1.82, 2.24) is 15.6 Å². The van der Waals surface area contributed by atoms with Gasteiger partial charge in [-0.1, -0.05) is 18.9 Å². The van der Waals surface area contributed by atoms with Crippen LogP contribution < -0.4 is 15.4 Å². The van der Waals surface area contributed by atoms with Crippen LogP contribution in [0.15, 0.2) is 12.1 Å². The maximum absolute atomic E-state index is 13.0. The minimum absolute atomic E-state index is 0.0144. The fourth-order valence-electron chi connectivity index (χ4n) is 4.42. The maximum Gasteiger partial charge on any atom is 0.270 e. The highest BCUT2D eigenvalue weighted by Gasteiger charge is 2.34. The molecule has 5 rings (SSSR count). The zero-order valence-corrected chi connectivity index (χ0v) is 18.0. The number of hydrogen-bond acceptors (Lipinski definition) is 5. The summed E-state index contributed by atoms with van der Waals surface area (Å²) in [5, 5.41) is 15.7. The van der Waals surface area contributed by atoms with Crippen molar-refractivity contribution < 1.29 is 19.4 Å². The molecule has 1 heterocycles. The number of carbonyl (C=O) groups is 2. The van der Waals surface area contributed by atoms with E-state index >= 15 is 0 Å². The normalized spacial score (nSPS) is 26.4. The summed E-state index contributed by atoms with van der Waals surface area (Å²) in [6.07, 6.45) is 9.30. The predicted molar refractivity (Wildman–Crippen MR) is 115 cm³/mol. The minimum atomic E-state index is -0.571. The molecule has 0 aliphatic heterocycles. The van der Waals surface area contributed by atoms with Gasteiger partial charge in [0.2, 0.25) is 11.8 Å². The first-order chi connectivity index (χ1) is 15.0. The van der Waals surface area contributed by atoms with Crippen LogP contribution in [0, 0.1) is 11.8 Å². The molecule has 0 aromatic carbocycles. The molecule has 4 saturated carbocycles. The summed E-state index contributed by atoms with van der Waals surface area (Å²) in [4.78, 5) is 30.4. The molecule has 4 aliphatic rings. The molecule has 0 spiro atoms.